The number of aromatic amines is 1. The van der Waals surface area contributed by atoms with Crippen molar-refractivity contribution < 1.29 is 107 Å². The molecule has 1 saturated heterocycles. The smallest absolute Gasteiger partial charge is 0.322 e. The number of nitrogens with two attached hydrogens (primary N) is 6. The monoisotopic (exact) mass is 1680 g/mol. The van der Waals surface area contributed by atoms with Gasteiger partial charge in [-0.3, -0.25) is 91.5 Å². The minimum absolute atomic E-state index is 0.0206. The maximum absolute atomic E-state index is 15.1. The molecule has 119 heavy (non-hydrogen) atoms. The van der Waals surface area contributed by atoms with Crippen molar-refractivity contribution in [3.05, 3.63) is 54.1 Å². The Bertz CT molecular complexity index is 3810. The van der Waals surface area contributed by atoms with E-state index in [0.29, 0.717) is 18.4 Å². The zero-order chi connectivity index (χ0) is 89.2. The van der Waals surface area contributed by atoms with Crippen LogP contribution in [0.2, 0.25) is 0 Å². The molecule has 662 valence electrons. The number of aliphatic hydroxyl groups is 1. The summed E-state index contributed by atoms with van der Waals surface area (Å²) in [5, 5.41) is 78.6. The number of amides is 13. The number of aliphatic hydroxyl groups excluding tert-OH is 1. The fraction of sp³-hybridized carbons (Fsp3) is 0.622. The minimum atomic E-state index is -2.19. The molecule has 0 saturated carbocycles. The van der Waals surface area contributed by atoms with Gasteiger partial charge in [0.2, 0.25) is 76.8 Å². The van der Waals surface area contributed by atoms with Crippen LogP contribution in [0.4, 0.5) is 0 Å². The summed E-state index contributed by atoms with van der Waals surface area (Å²) in [5.41, 5.74) is 34.6. The number of unbranched alkanes of at least 4 members (excludes halogenated alkanes) is 1. The average molecular weight is 1680 g/mol. The number of hydrogen-bond donors (Lipinski definition) is 24. The number of nitrogens with one attached hydrogen (secondary N) is 13. The van der Waals surface area contributed by atoms with E-state index in [9.17, 15) is 97.1 Å². The Morgan fingerprint density at radius 3 is 1.42 bits per heavy atom. The number of carboxylic acid groups (broad SMARTS) is 4. The van der Waals surface area contributed by atoms with E-state index < -0.39 is 224 Å². The van der Waals surface area contributed by atoms with Crippen LogP contribution in [0.3, 0.4) is 0 Å². The topological polar surface area (TPSA) is 748 Å². The predicted octanol–water partition coefficient (Wildman–Crippen LogP) is -6.77. The van der Waals surface area contributed by atoms with Gasteiger partial charge in [-0.15, -0.1) is 0 Å². The molecular weight excluding hydrogens is 1560 g/mol. The molecule has 0 bridgehead atoms. The number of benzene rings is 1. The summed E-state index contributed by atoms with van der Waals surface area (Å²) in [6, 6.07) is -12.8. The van der Waals surface area contributed by atoms with E-state index in [1.54, 1.807) is 71.9 Å². The number of H-pyrrole nitrogens is 1. The molecule has 30 N–H and O–H groups in total. The molecule has 1 fully saturated rings. The van der Waals surface area contributed by atoms with E-state index in [1.807, 2.05) is 0 Å². The summed E-state index contributed by atoms with van der Waals surface area (Å²) in [6.07, 6.45) is -0.680. The molecule has 1 aromatic carbocycles. The Hall–Kier alpha value is -12.2. The number of hydrogen-bond acceptors (Lipinski definition) is 23. The molecule has 2 aromatic rings. The molecule has 2 heterocycles. The van der Waals surface area contributed by atoms with Crippen LogP contribution >= 0.6 is 0 Å². The van der Waals surface area contributed by atoms with Gasteiger partial charge in [-0.2, -0.15) is 0 Å². The van der Waals surface area contributed by atoms with Crippen molar-refractivity contribution in [3.63, 3.8) is 0 Å². The first-order chi connectivity index (χ1) is 56.2. The summed E-state index contributed by atoms with van der Waals surface area (Å²) in [7, 11) is 0. The number of aromatic nitrogens is 2. The fourth-order valence-electron chi connectivity index (χ4n) is 12.3. The highest BCUT2D eigenvalue weighted by Crippen LogP contribution is 2.23. The van der Waals surface area contributed by atoms with Crippen molar-refractivity contribution in [3.8, 4) is 0 Å². The van der Waals surface area contributed by atoms with Gasteiger partial charge in [-0.05, 0) is 100 Å². The van der Waals surface area contributed by atoms with Gasteiger partial charge in [-0.25, -0.2) is 4.98 Å². The van der Waals surface area contributed by atoms with Gasteiger partial charge < -0.3 is 134 Å². The number of guanidine groups is 2. The maximum Gasteiger partial charge on any atom is 0.322 e. The third-order valence-electron chi connectivity index (χ3n) is 19.3. The molecule has 1 aliphatic heterocycles. The first kappa shape index (κ1) is 101. The van der Waals surface area contributed by atoms with Gasteiger partial charge in [0.15, 0.2) is 11.9 Å². The van der Waals surface area contributed by atoms with Crippen molar-refractivity contribution >= 4 is 113 Å². The second kappa shape index (κ2) is 52.5. The number of carbonyl (C=O) groups is 17. The van der Waals surface area contributed by atoms with Crippen LogP contribution in [0.15, 0.2) is 52.8 Å². The average Bonchev–Trinajstić information content (AvgIpc) is 1.74. The molecule has 0 unspecified atom stereocenters. The van der Waals surface area contributed by atoms with E-state index >= 15 is 4.79 Å². The zero-order valence-electron chi connectivity index (χ0n) is 67.7. The van der Waals surface area contributed by atoms with Crippen molar-refractivity contribution in [1.82, 2.24) is 78.7 Å². The molecule has 13 amide bonds. The van der Waals surface area contributed by atoms with Crippen molar-refractivity contribution in [2.24, 2.45) is 62.1 Å². The zero-order valence-corrected chi connectivity index (χ0v) is 67.7. The van der Waals surface area contributed by atoms with Crippen LogP contribution in [0.1, 0.15) is 156 Å². The molecule has 45 nitrogen and oxygen atoms in total. The quantitative estimate of drug-likeness (QED) is 0.0166. The Morgan fingerprint density at radius 2 is 0.958 bits per heavy atom. The van der Waals surface area contributed by atoms with Gasteiger partial charge in [0, 0.05) is 50.8 Å². The SMILES string of the molecule is CC[C@H](C)[C@H](N)C(=O)N[C@@H](CCC(=O)O)C(=O)N[C@@H](CCCCN)C(=O)N[C@@H](CCCN=C(N)N)C(=O)N[C@H](C(=O)N1CCC[C@H]1C(=O)N[C@@H](Cc1ccccc1)C(=O)N[C@@H](CO)C(=O)N[C@@H](Cc1cnc[nH]1)C(=O)N[C@@H](CC(=O)O)C(=O)N[C@@H](CC(=O)O)C(=O)N[C@@H](CCCN=C(N)N)C(=O)N[C@@H](CC(C)C)C(=O)NCC(=O)O)[C@@H](C)CC. The Morgan fingerprint density at radius 1 is 0.513 bits per heavy atom. The Labute approximate surface area is 687 Å². The van der Waals surface area contributed by atoms with Crippen LogP contribution in [-0.2, 0) is 94.3 Å². The summed E-state index contributed by atoms with van der Waals surface area (Å²) in [4.78, 5) is 248. The van der Waals surface area contributed by atoms with E-state index in [4.69, 9.17) is 39.5 Å². The number of aliphatic imine (C=N–C) groups is 2. The fourth-order valence-corrected chi connectivity index (χ4v) is 12.3. The largest absolute Gasteiger partial charge is 0.481 e. The number of nitrogens with zero attached hydrogens (tertiary/aromatic N) is 4. The summed E-state index contributed by atoms with van der Waals surface area (Å²) >= 11 is 0. The van der Waals surface area contributed by atoms with Crippen molar-refractivity contribution in [2.45, 2.75) is 236 Å². The van der Waals surface area contributed by atoms with Gasteiger partial charge in [0.1, 0.15) is 79.0 Å². The van der Waals surface area contributed by atoms with E-state index in [2.05, 4.69) is 83.8 Å². The number of carbonyl (C=O) groups excluding carboxylic acids is 13. The lowest BCUT2D eigenvalue weighted by molar-refractivity contribution is -0.144. The number of carboxylic acids is 4. The molecular formula is C74H119N23O22. The van der Waals surface area contributed by atoms with Crippen molar-refractivity contribution in [1.29, 1.82) is 0 Å². The van der Waals surface area contributed by atoms with Gasteiger partial charge in [0.25, 0.3) is 0 Å². The minimum Gasteiger partial charge on any atom is -0.481 e. The Balaban J connectivity index is 1.99. The predicted molar refractivity (Wildman–Crippen MR) is 427 cm³/mol. The van der Waals surface area contributed by atoms with Crippen LogP contribution < -0.4 is 98.2 Å². The van der Waals surface area contributed by atoms with Crippen molar-refractivity contribution in [2.75, 3.05) is 39.3 Å². The highest BCUT2D eigenvalue weighted by molar-refractivity contribution is 6.01. The highest BCUT2D eigenvalue weighted by atomic mass is 16.4. The molecule has 15 atom stereocenters. The van der Waals surface area contributed by atoms with Crippen LogP contribution in [0.25, 0.3) is 0 Å². The second-order valence-electron chi connectivity index (χ2n) is 29.3. The molecule has 1 aromatic heterocycles. The lowest BCUT2D eigenvalue weighted by Gasteiger charge is -2.33. The van der Waals surface area contributed by atoms with Crippen LogP contribution in [0, 0.1) is 17.8 Å². The third kappa shape index (κ3) is 36.9. The van der Waals surface area contributed by atoms with E-state index in [0.717, 1.165) is 0 Å². The number of rotatable bonds is 56. The van der Waals surface area contributed by atoms with Gasteiger partial charge in [0.05, 0.1) is 31.8 Å². The van der Waals surface area contributed by atoms with E-state index in [1.165, 1.54) is 17.4 Å². The van der Waals surface area contributed by atoms with Gasteiger partial charge >= 0.3 is 23.9 Å². The lowest BCUT2D eigenvalue weighted by Crippen LogP contribution is -2.62. The summed E-state index contributed by atoms with van der Waals surface area (Å²) in [5.74, 6) is -21.6. The number of aliphatic carboxylic acids is 4. The Kier molecular flexibility index (Phi) is 44.6. The molecule has 1 aliphatic rings. The molecule has 0 aliphatic carbocycles. The second-order valence-corrected chi connectivity index (χ2v) is 29.3. The standard InChI is InChI=1S/C74H119N23O22/c1-7-39(5)58(76)71(118)89-46(23-24-54(99)100)63(110)86-43(19-12-13-25-75)61(108)87-45(21-15-27-83-74(79)80)64(111)96-59(40(6)8-2)72(119)97-28-16-22-53(97)70(117)94-48(30-41-17-10-9-11-18-41)65(112)95-52(36-98)69(116)91-49(31-42-34-81-37-85-42)66(113)92-51(33-56(103)104)68(115)93-50(32-55(101)102)67(114)88-44(20-14-26-82-73(77)78)62(109)90-47(29-38(3)4)60(107)84-35-57(105)106/h9-11,17-18,34,37-40,43-53,58-59,98H,7-8,12-16,19-33,35-36,75-76H2,1-6H3,(H,81,85)(H,84,107)(H,86,110)(H,87,108)(H,88,114)(H,89,118)(H,90,109)(H,91,116)(H,92,113)(H,93,115)(H,94,117)(H,95,112)(H,96,111)(H,99,100)(H,101,102)(H,103,104)(H,105,106)(H4,77,78,82)(H4,79,80,83)/t39-,40-,43-,44-,45-,46-,47-,48-,49-,50-,51-,52-,53-,58-,59-/m0/s1. The maximum atomic E-state index is 15.1. The third-order valence-corrected chi connectivity index (χ3v) is 19.3. The van der Waals surface area contributed by atoms with Crippen LogP contribution in [0.5, 0.6) is 0 Å². The first-order valence-electron chi connectivity index (χ1n) is 39.2. The summed E-state index contributed by atoms with van der Waals surface area (Å²) < 4.78 is 0. The number of likely N-dealkylation sites (tertiary alicyclic amines) is 1. The highest BCUT2D eigenvalue weighted by Gasteiger charge is 2.43. The molecule has 0 spiro atoms. The molecule has 3 rings (SSSR count). The normalized spacial score (nSPS) is 15.9. The molecule has 45 heteroatoms. The first-order valence-corrected chi connectivity index (χ1v) is 39.2. The van der Waals surface area contributed by atoms with Crippen LogP contribution in [-0.4, -0.2) is 271 Å². The van der Waals surface area contributed by atoms with Gasteiger partial charge in [-0.1, -0.05) is 84.7 Å². The van der Waals surface area contributed by atoms with E-state index in [-0.39, 0.29) is 133 Å². The molecule has 0 radical (unpaired) electrons. The lowest BCUT2D eigenvalue weighted by atomic mass is 9.96. The summed E-state index contributed by atoms with van der Waals surface area (Å²) in [6.45, 7) is 8.26. The number of imidazole rings is 1.